The Kier molecular flexibility index (Phi) is 15.7. The number of rotatable bonds is 16. The molecule has 4 aromatic carbocycles. The van der Waals surface area contributed by atoms with Gasteiger partial charge in [-0.25, -0.2) is 14.7 Å². The van der Waals surface area contributed by atoms with Gasteiger partial charge in [-0.2, -0.15) is 0 Å². The summed E-state index contributed by atoms with van der Waals surface area (Å²) in [6.07, 6.45) is -0.823. The molecule has 0 aliphatic carbocycles. The van der Waals surface area contributed by atoms with Gasteiger partial charge in [0.15, 0.2) is 11.5 Å². The lowest BCUT2D eigenvalue weighted by Crippen LogP contribution is -2.33. The largest absolute Gasteiger partial charge is 0.496 e. The van der Waals surface area contributed by atoms with Crippen molar-refractivity contribution in [3.63, 3.8) is 0 Å². The van der Waals surface area contributed by atoms with E-state index in [4.69, 9.17) is 44.5 Å². The summed E-state index contributed by atoms with van der Waals surface area (Å²) in [5, 5.41) is 17.0. The zero-order valence-electron chi connectivity index (χ0n) is 31.2. The van der Waals surface area contributed by atoms with Crippen LogP contribution in [0.5, 0.6) is 34.5 Å². The van der Waals surface area contributed by atoms with E-state index in [-0.39, 0.29) is 58.3 Å². The van der Waals surface area contributed by atoms with E-state index in [9.17, 15) is 28.8 Å². The highest BCUT2D eigenvalue weighted by Gasteiger charge is 2.31. The first-order valence-corrected chi connectivity index (χ1v) is 18.9. The number of hydrogen-bond donors (Lipinski definition) is 4. The lowest BCUT2D eigenvalue weighted by Gasteiger charge is -2.23. The van der Waals surface area contributed by atoms with Crippen molar-refractivity contribution in [1.29, 1.82) is 0 Å². The average Bonchev–Trinajstić information content (AvgIpc) is 3.18. The molecule has 3 amide bonds. The number of methoxy groups -OCH3 is 3. The van der Waals surface area contributed by atoms with Gasteiger partial charge >= 0.3 is 25.7 Å². The van der Waals surface area contributed by atoms with E-state index in [1.165, 1.54) is 76.9 Å². The lowest BCUT2D eigenvalue weighted by molar-refractivity contribution is -0.138. The lowest BCUT2D eigenvalue weighted by atomic mass is 10.1. The average molecular weight is 860 g/mol. The number of alkyl carbamates (subject to hydrolysis) is 1. The van der Waals surface area contributed by atoms with Crippen molar-refractivity contribution in [3.05, 3.63) is 107 Å². The van der Waals surface area contributed by atoms with Crippen LogP contribution in [0.4, 0.5) is 15.3 Å². The monoisotopic (exact) mass is 858 g/mol. The maximum absolute atomic E-state index is 13.4. The molecule has 0 saturated carbocycles. The number of aliphatic carboxylic acids is 1. The van der Waals surface area contributed by atoms with Crippen molar-refractivity contribution in [2.45, 2.75) is 19.6 Å². The van der Waals surface area contributed by atoms with Crippen molar-refractivity contribution in [2.75, 3.05) is 33.0 Å². The maximum Gasteiger partial charge on any atom is 0.417 e. The first kappa shape index (κ1) is 44.6. The zero-order chi connectivity index (χ0) is 41.1. The van der Waals surface area contributed by atoms with Crippen molar-refractivity contribution in [1.82, 2.24) is 15.4 Å². The van der Waals surface area contributed by atoms with Gasteiger partial charge in [0.05, 0.1) is 36.0 Å². The second kappa shape index (κ2) is 20.4. The summed E-state index contributed by atoms with van der Waals surface area (Å²) in [6, 6.07) is 20.7. The summed E-state index contributed by atoms with van der Waals surface area (Å²) in [4.78, 5) is 54.3. The number of ether oxygens (including phenoxy) is 6. The molecular formula is C38H37Cl2N4O13P. The number of hydrogen-bond acceptors (Lipinski definition) is 13. The van der Waals surface area contributed by atoms with Gasteiger partial charge in [-0.1, -0.05) is 35.9 Å². The predicted octanol–water partition coefficient (Wildman–Crippen LogP) is 8.04. The Bertz CT molecular complexity index is 2340. The second-order valence-corrected chi connectivity index (χ2v) is 14.3. The van der Waals surface area contributed by atoms with Gasteiger partial charge in [0.25, 0.3) is 5.91 Å². The Hall–Kier alpha value is -6.10. The first-order chi connectivity index (χ1) is 27.3. The molecule has 1 heterocycles. The van der Waals surface area contributed by atoms with Gasteiger partial charge < -0.3 is 38.1 Å². The highest BCUT2D eigenvalue weighted by molar-refractivity contribution is 7.57. The molecule has 20 heteroatoms. The minimum Gasteiger partial charge on any atom is -0.496 e. The number of carbonyl (C=O) groups is 4. The van der Waals surface area contributed by atoms with Crippen molar-refractivity contribution < 1.29 is 61.8 Å². The van der Waals surface area contributed by atoms with Crippen molar-refractivity contribution in [2.24, 2.45) is 0 Å². The molecule has 306 valence electrons. The third-order valence-corrected chi connectivity index (χ3v) is 9.93. The van der Waals surface area contributed by atoms with Gasteiger partial charge in [0, 0.05) is 30.8 Å². The molecule has 4 N–H and O–H groups in total. The standard InChI is InChI=1S/C38H36ClN4O13P.ClH/c1-22(36(45)46)43-57(49,21-50-2)56-34-16-23(10-13-32(34)51-3)20-53-37(47)42-35(44)27-18-26-30(19-33(27)52-4)40-15-14-31(26)54-25-11-12-29(28(39)17-25)41-38(48)55-24-8-6-5-7-9-24;/h5-19,22H,20-21H2,1-4H3,(H,41,48)(H,43,49)(H,45,46)(H,42,44,47);1H/t22-,57?;/m0./s1. The Morgan fingerprint density at radius 3 is 2.26 bits per heavy atom. The number of carbonyl (C=O) groups excluding carboxylic acids is 3. The predicted molar refractivity (Wildman–Crippen MR) is 214 cm³/mol. The van der Waals surface area contributed by atoms with Gasteiger partial charge in [-0.15, -0.1) is 12.4 Å². The fraction of sp³-hybridized carbons (Fsp3) is 0.184. The molecule has 0 aliphatic rings. The van der Waals surface area contributed by atoms with Gasteiger partial charge in [0.2, 0.25) is 0 Å². The van der Waals surface area contributed by atoms with E-state index < -0.39 is 44.0 Å². The van der Waals surface area contributed by atoms with E-state index in [1.807, 2.05) is 0 Å². The number of amides is 3. The van der Waals surface area contributed by atoms with Gasteiger partial charge in [-0.3, -0.25) is 29.8 Å². The molecule has 58 heavy (non-hydrogen) atoms. The molecule has 1 unspecified atom stereocenters. The molecule has 0 saturated heterocycles. The van der Waals surface area contributed by atoms with Crippen molar-refractivity contribution in [3.8, 4) is 34.5 Å². The van der Waals surface area contributed by atoms with Crippen LogP contribution in [0, 0.1) is 0 Å². The molecule has 0 aliphatic heterocycles. The third-order valence-electron chi connectivity index (χ3n) is 7.75. The van der Waals surface area contributed by atoms with Crippen LogP contribution < -0.4 is 39.2 Å². The SMILES string of the molecule is COCP(=O)(N[C@@H](C)C(=O)O)Oc1cc(COC(=O)NC(=O)c2cc3c(Oc4ccc(NC(=O)Oc5ccccc5)c(Cl)c4)ccnc3cc2OC)ccc1OC.Cl. The van der Waals surface area contributed by atoms with Crippen LogP contribution in [0.25, 0.3) is 10.9 Å². The van der Waals surface area contributed by atoms with Crippen LogP contribution in [0.15, 0.2) is 91.1 Å². The number of nitrogens with one attached hydrogen (secondary N) is 3. The Morgan fingerprint density at radius 2 is 1.59 bits per heavy atom. The Morgan fingerprint density at radius 1 is 0.845 bits per heavy atom. The zero-order valence-corrected chi connectivity index (χ0v) is 33.6. The number of anilines is 1. The molecule has 0 fully saturated rings. The number of aromatic nitrogens is 1. The normalized spacial score (nSPS) is 12.2. The summed E-state index contributed by atoms with van der Waals surface area (Å²) in [6.45, 7) is 0.923. The van der Waals surface area contributed by atoms with E-state index in [0.717, 1.165) is 0 Å². The van der Waals surface area contributed by atoms with E-state index in [2.05, 4.69) is 20.7 Å². The molecule has 1 aromatic heterocycles. The van der Waals surface area contributed by atoms with E-state index >= 15 is 0 Å². The Labute approximate surface area is 342 Å². The number of fused-ring (bicyclic) bond motifs is 1. The third kappa shape index (κ3) is 11.7. The number of para-hydroxylation sites is 1. The number of imide groups is 1. The quantitative estimate of drug-likeness (QED) is 0.0690. The summed E-state index contributed by atoms with van der Waals surface area (Å²) in [5.41, 5.74) is 0.965. The molecule has 17 nitrogen and oxygen atoms in total. The molecular weight excluding hydrogens is 822 g/mol. The number of benzene rings is 4. The summed E-state index contributed by atoms with van der Waals surface area (Å²) < 4.78 is 51.4. The Balaban J connectivity index is 0.00000744. The minimum absolute atomic E-state index is 0. The summed E-state index contributed by atoms with van der Waals surface area (Å²) in [7, 11) is 0.0424. The summed E-state index contributed by atoms with van der Waals surface area (Å²) in [5.74, 6) is -1.01. The summed E-state index contributed by atoms with van der Waals surface area (Å²) >= 11 is 6.44. The van der Waals surface area contributed by atoms with Crippen LogP contribution in [0.2, 0.25) is 5.02 Å². The fourth-order valence-electron chi connectivity index (χ4n) is 5.10. The van der Waals surface area contributed by atoms with Crippen molar-refractivity contribution >= 4 is 72.2 Å². The van der Waals surface area contributed by atoms with Gasteiger partial charge in [-0.05, 0) is 61.0 Å². The minimum atomic E-state index is -3.92. The molecule has 0 bridgehead atoms. The number of carboxylic acid groups (broad SMARTS) is 1. The van der Waals surface area contributed by atoms with Crippen LogP contribution in [0.1, 0.15) is 22.8 Å². The van der Waals surface area contributed by atoms with Crippen LogP contribution in [0.3, 0.4) is 0 Å². The maximum atomic E-state index is 13.4. The fourth-order valence-corrected chi connectivity index (χ4v) is 7.00. The van der Waals surface area contributed by atoms with Crippen LogP contribution >= 0.6 is 31.5 Å². The first-order valence-electron chi connectivity index (χ1n) is 16.7. The van der Waals surface area contributed by atoms with Crippen LogP contribution in [-0.2, 0) is 25.4 Å². The highest BCUT2D eigenvalue weighted by atomic mass is 35.5. The number of pyridine rings is 1. The van der Waals surface area contributed by atoms with E-state index in [0.29, 0.717) is 28.0 Å². The topological polar surface area (TPSA) is 219 Å². The number of carboxylic acids is 1. The van der Waals surface area contributed by atoms with Gasteiger partial charge in [0.1, 0.15) is 42.0 Å². The second-order valence-electron chi connectivity index (χ2n) is 11.8. The van der Waals surface area contributed by atoms with Crippen LogP contribution in [-0.4, -0.2) is 67.9 Å². The highest BCUT2D eigenvalue weighted by Crippen LogP contribution is 2.46. The molecule has 5 rings (SSSR count). The molecule has 5 aromatic rings. The smallest absolute Gasteiger partial charge is 0.417 e. The number of halogens is 2. The number of nitrogens with zero attached hydrogens (tertiary/aromatic N) is 1. The van der Waals surface area contributed by atoms with E-state index in [1.54, 1.807) is 42.5 Å². The molecule has 2 atom stereocenters. The molecule has 0 radical (unpaired) electrons. The molecule has 0 spiro atoms.